The van der Waals surface area contributed by atoms with Crippen LogP contribution in [0.5, 0.6) is 0 Å². The first-order chi connectivity index (χ1) is 8.86. The maximum absolute atomic E-state index is 12.4. The van der Waals surface area contributed by atoms with Crippen molar-refractivity contribution in [3.8, 4) is 10.4 Å². The standard InChI is InChI=1S/C15H10OS2/c16-15(14-8-4-10-18-14)12-6-2-1-5-11(12)13-7-3-9-17-13/h1-10H. The van der Waals surface area contributed by atoms with E-state index in [1.165, 1.54) is 11.3 Å². The summed E-state index contributed by atoms with van der Waals surface area (Å²) in [4.78, 5) is 14.4. The molecule has 0 spiro atoms. The lowest BCUT2D eigenvalue weighted by Crippen LogP contribution is -2.00. The molecule has 0 atom stereocenters. The van der Waals surface area contributed by atoms with Crippen LogP contribution in [-0.2, 0) is 0 Å². The molecule has 0 N–H and O–H groups in total. The lowest BCUT2D eigenvalue weighted by Gasteiger charge is -2.05. The van der Waals surface area contributed by atoms with Gasteiger partial charge in [-0.3, -0.25) is 4.79 Å². The minimum absolute atomic E-state index is 0.106. The summed E-state index contributed by atoms with van der Waals surface area (Å²) >= 11 is 3.14. The van der Waals surface area contributed by atoms with E-state index in [0.29, 0.717) is 0 Å². The fraction of sp³-hybridized carbons (Fsp3) is 0. The molecule has 0 bridgehead atoms. The third kappa shape index (κ3) is 2.03. The molecule has 88 valence electrons. The molecular weight excluding hydrogens is 260 g/mol. The van der Waals surface area contributed by atoms with Crippen molar-refractivity contribution in [1.29, 1.82) is 0 Å². The summed E-state index contributed by atoms with van der Waals surface area (Å²) in [6.07, 6.45) is 0. The molecule has 1 aromatic carbocycles. The summed E-state index contributed by atoms with van der Waals surface area (Å²) in [7, 11) is 0. The molecule has 0 saturated heterocycles. The monoisotopic (exact) mass is 270 g/mol. The molecule has 2 heterocycles. The zero-order valence-electron chi connectivity index (χ0n) is 9.50. The quantitative estimate of drug-likeness (QED) is 0.630. The minimum atomic E-state index is 0.106. The van der Waals surface area contributed by atoms with Gasteiger partial charge in [0.25, 0.3) is 0 Å². The van der Waals surface area contributed by atoms with Crippen LogP contribution in [0, 0.1) is 0 Å². The summed E-state index contributed by atoms with van der Waals surface area (Å²) in [5.41, 5.74) is 1.80. The van der Waals surface area contributed by atoms with Crippen LogP contribution in [0.1, 0.15) is 15.2 Å². The van der Waals surface area contributed by atoms with Gasteiger partial charge in [0.05, 0.1) is 4.88 Å². The maximum Gasteiger partial charge on any atom is 0.203 e. The number of benzene rings is 1. The van der Waals surface area contributed by atoms with Gasteiger partial charge in [-0.2, -0.15) is 0 Å². The number of ketones is 1. The van der Waals surface area contributed by atoms with Crippen LogP contribution in [0.2, 0.25) is 0 Å². The van der Waals surface area contributed by atoms with Gasteiger partial charge in [0, 0.05) is 16.0 Å². The highest BCUT2D eigenvalue weighted by Gasteiger charge is 2.15. The first-order valence-electron chi connectivity index (χ1n) is 5.57. The third-order valence-electron chi connectivity index (χ3n) is 2.70. The Labute approximate surface area is 113 Å². The van der Waals surface area contributed by atoms with Crippen molar-refractivity contribution >= 4 is 28.5 Å². The average Bonchev–Trinajstić information content (AvgIpc) is 3.11. The summed E-state index contributed by atoms with van der Waals surface area (Å²) < 4.78 is 0. The molecule has 3 aromatic rings. The van der Waals surface area contributed by atoms with Gasteiger partial charge in [-0.05, 0) is 22.9 Å². The van der Waals surface area contributed by atoms with Crippen molar-refractivity contribution < 1.29 is 4.79 Å². The van der Waals surface area contributed by atoms with Crippen molar-refractivity contribution in [2.75, 3.05) is 0 Å². The van der Waals surface area contributed by atoms with Gasteiger partial charge in [0.15, 0.2) is 0 Å². The second-order valence-electron chi connectivity index (χ2n) is 3.83. The molecule has 0 aliphatic heterocycles. The maximum atomic E-state index is 12.4. The Morgan fingerprint density at radius 1 is 0.833 bits per heavy atom. The van der Waals surface area contributed by atoms with E-state index in [-0.39, 0.29) is 5.78 Å². The predicted molar refractivity (Wildman–Crippen MR) is 77.5 cm³/mol. The Kier molecular flexibility index (Phi) is 3.09. The van der Waals surface area contributed by atoms with Gasteiger partial charge in [-0.1, -0.05) is 36.4 Å². The fourth-order valence-electron chi connectivity index (χ4n) is 1.87. The van der Waals surface area contributed by atoms with Crippen LogP contribution in [0.3, 0.4) is 0 Å². The fourth-order valence-corrected chi connectivity index (χ4v) is 3.31. The number of hydrogen-bond acceptors (Lipinski definition) is 3. The van der Waals surface area contributed by atoms with E-state index in [9.17, 15) is 4.79 Å². The summed E-state index contributed by atoms with van der Waals surface area (Å²) in [6.45, 7) is 0. The van der Waals surface area contributed by atoms with Crippen molar-refractivity contribution in [2.45, 2.75) is 0 Å². The SMILES string of the molecule is O=C(c1cccs1)c1ccccc1-c1cccs1. The molecule has 0 radical (unpaired) electrons. The highest BCUT2D eigenvalue weighted by molar-refractivity contribution is 7.13. The van der Waals surface area contributed by atoms with Crippen LogP contribution in [0.25, 0.3) is 10.4 Å². The molecule has 0 fully saturated rings. The Bertz CT molecular complexity index is 652. The average molecular weight is 270 g/mol. The van der Waals surface area contributed by atoms with Crippen molar-refractivity contribution in [3.05, 3.63) is 69.7 Å². The molecule has 1 nitrogen and oxygen atoms in total. The van der Waals surface area contributed by atoms with Gasteiger partial charge >= 0.3 is 0 Å². The lowest BCUT2D eigenvalue weighted by atomic mass is 10.0. The zero-order valence-corrected chi connectivity index (χ0v) is 11.1. The highest BCUT2D eigenvalue weighted by Crippen LogP contribution is 2.30. The summed E-state index contributed by atoms with van der Waals surface area (Å²) in [5, 5.41) is 3.96. The predicted octanol–water partition coefficient (Wildman–Crippen LogP) is 4.71. The largest absolute Gasteiger partial charge is 0.288 e. The number of rotatable bonds is 3. The van der Waals surface area contributed by atoms with E-state index in [4.69, 9.17) is 0 Å². The smallest absolute Gasteiger partial charge is 0.203 e. The van der Waals surface area contributed by atoms with E-state index >= 15 is 0 Å². The number of thiophene rings is 2. The molecule has 3 rings (SSSR count). The van der Waals surface area contributed by atoms with Crippen molar-refractivity contribution in [2.24, 2.45) is 0 Å². The van der Waals surface area contributed by atoms with Crippen LogP contribution >= 0.6 is 22.7 Å². The first kappa shape index (κ1) is 11.4. The zero-order chi connectivity index (χ0) is 12.4. The second-order valence-corrected chi connectivity index (χ2v) is 5.72. The normalized spacial score (nSPS) is 10.4. The molecular formula is C15H10OS2. The van der Waals surface area contributed by atoms with E-state index in [2.05, 4.69) is 0 Å². The molecule has 3 heteroatoms. The number of carbonyl (C=O) groups excluding carboxylic acids is 1. The van der Waals surface area contributed by atoms with Gasteiger partial charge in [0.2, 0.25) is 5.78 Å². The number of carbonyl (C=O) groups is 1. The molecule has 0 aliphatic rings. The molecule has 18 heavy (non-hydrogen) atoms. The lowest BCUT2D eigenvalue weighted by molar-refractivity contribution is 0.104. The van der Waals surface area contributed by atoms with Crippen molar-refractivity contribution in [3.63, 3.8) is 0 Å². The summed E-state index contributed by atoms with van der Waals surface area (Å²) in [6, 6.07) is 15.6. The van der Waals surface area contributed by atoms with E-state index in [1.807, 2.05) is 59.3 Å². The second kappa shape index (κ2) is 4.88. The van der Waals surface area contributed by atoms with Crippen LogP contribution in [-0.4, -0.2) is 5.78 Å². The van der Waals surface area contributed by atoms with E-state index < -0.39 is 0 Å². The Morgan fingerprint density at radius 3 is 2.33 bits per heavy atom. The minimum Gasteiger partial charge on any atom is -0.288 e. The summed E-state index contributed by atoms with van der Waals surface area (Å²) in [5.74, 6) is 0.106. The van der Waals surface area contributed by atoms with Gasteiger partial charge in [-0.15, -0.1) is 22.7 Å². The van der Waals surface area contributed by atoms with E-state index in [0.717, 1.165) is 20.9 Å². The topological polar surface area (TPSA) is 17.1 Å². The molecule has 0 saturated carbocycles. The van der Waals surface area contributed by atoms with Gasteiger partial charge in [0.1, 0.15) is 0 Å². The number of hydrogen-bond donors (Lipinski definition) is 0. The van der Waals surface area contributed by atoms with Gasteiger partial charge in [-0.25, -0.2) is 0 Å². The van der Waals surface area contributed by atoms with Gasteiger partial charge < -0.3 is 0 Å². The highest BCUT2D eigenvalue weighted by atomic mass is 32.1. The van der Waals surface area contributed by atoms with E-state index in [1.54, 1.807) is 11.3 Å². The van der Waals surface area contributed by atoms with Crippen LogP contribution < -0.4 is 0 Å². The van der Waals surface area contributed by atoms with Crippen LogP contribution in [0.4, 0.5) is 0 Å². The molecule has 0 unspecified atom stereocenters. The van der Waals surface area contributed by atoms with Crippen molar-refractivity contribution in [1.82, 2.24) is 0 Å². The Morgan fingerprint density at radius 2 is 1.61 bits per heavy atom. The molecule has 0 amide bonds. The van der Waals surface area contributed by atoms with Crippen LogP contribution in [0.15, 0.2) is 59.3 Å². The first-order valence-corrected chi connectivity index (χ1v) is 7.33. The Balaban J connectivity index is 2.10. The Hall–Kier alpha value is -1.71. The molecule has 0 aliphatic carbocycles. The molecule has 2 aromatic heterocycles. The third-order valence-corrected chi connectivity index (χ3v) is 4.48.